The van der Waals surface area contributed by atoms with Crippen LogP contribution in [0.25, 0.3) is 0 Å². The molecule has 0 bridgehead atoms. The number of nitrogens with one attached hydrogen (secondary N) is 2. The predicted molar refractivity (Wildman–Crippen MR) is 66.0 cm³/mol. The fraction of sp³-hybridized carbons (Fsp3) is 0.667. The molecule has 0 aliphatic carbocycles. The summed E-state index contributed by atoms with van der Waals surface area (Å²) in [5.74, 6) is 0.885. The molecule has 1 aromatic heterocycles. The van der Waals surface area contributed by atoms with Gasteiger partial charge in [-0.2, -0.15) is 0 Å². The lowest BCUT2D eigenvalue weighted by molar-refractivity contribution is 0.0528. The fourth-order valence-corrected chi connectivity index (χ4v) is 1.34. The molecule has 0 fully saturated rings. The summed E-state index contributed by atoms with van der Waals surface area (Å²) in [4.78, 5) is 18.9. The molecule has 0 atom stereocenters. The molecule has 96 valence electrons. The van der Waals surface area contributed by atoms with E-state index in [0.29, 0.717) is 13.0 Å². The van der Waals surface area contributed by atoms with Crippen molar-refractivity contribution in [3.63, 3.8) is 0 Å². The highest BCUT2D eigenvalue weighted by Crippen LogP contribution is 2.06. The van der Waals surface area contributed by atoms with Crippen LogP contribution in [0.5, 0.6) is 0 Å². The lowest BCUT2D eigenvalue weighted by Crippen LogP contribution is -2.33. The van der Waals surface area contributed by atoms with Gasteiger partial charge in [0.15, 0.2) is 0 Å². The third-order valence-electron chi connectivity index (χ3n) is 2.21. The van der Waals surface area contributed by atoms with E-state index in [1.165, 1.54) is 0 Å². The van der Waals surface area contributed by atoms with E-state index in [0.717, 1.165) is 17.2 Å². The van der Waals surface area contributed by atoms with Gasteiger partial charge in [0.05, 0.1) is 5.69 Å². The number of carbonyl (C=O) groups excluding carboxylic acids is 1. The van der Waals surface area contributed by atoms with E-state index in [2.05, 4.69) is 15.3 Å². The zero-order valence-corrected chi connectivity index (χ0v) is 11.2. The van der Waals surface area contributed by atoms with Gasteiger partial charge in [-0.15, -0.1) is 0 Å². The molecule has 1 heterocycles. The van der Waals surface area contributed by atoms with E-state index in [-0.39, 0.29) is 0 Å². The minimum absolute atomic E-state index is 0.391. The van der Waals surface area contributed by atoms with E-state index in [1.54, 1.807) is 0 Å². The van der Waals surface area contributed by atoms with Crippen LogP contribution in [-0.4, -0.2) is 28.2 Å². The normalized spacial score (nSPS) is 11.4. The maximum absolute atomic E-state index is 11.4. The number of hydrogen-bond acceptors (Lipinski definition) is 3. The minimum Gasteiger partial charge on any atom is -0.444 e. The van der Waals surface area contributed by atoms with Crippen LogP contribution in [-0.2, 0) is 11.2 Å². The van der Waals surface area contributed by atoms with Crippen molar-refractivity contribution < 1.29 is 9.53 Å². The number of alkyl carbamates (subject to hydrolysis) is 1. The molecule has 0 saturated heterocycles. The molecule has 0 unspecified atom stereocenters. The number of imidazole rings is 1. The molecule has 5 nitrogen and oxygen atoms in total. The van der Waals surface area contributed by atoms with Gasteiger partial charge >= 0.3 is 6.09 Å². The fourth-order valence-electron chi connectivity index (χ4n) is 1.34. The highest BCUT2D eigenvalue weighted by Gasteiger charge is 2.15. The Kier molecular flexibility index (Phi) is 4.15. The highest BCUT2D eigenvalue weighted by molar-refractivity contribution is 5.67. The van der Waals surface area contributed by atoms with Crippen molar-refractivity contribution in [3.05, 3.63) is 17.2 Å². The van der Waals surface area contributed by atoms with Crippen molar-refractivity contribution in [2.24, 2.45) is 0 Å². The van der Waals surface area contributed by atoms with Gasteiger partial charge in [0, 0.05) is 18.7 Å². The minimum atomic E-state index is -0.456. The number of hydrogen-bond donors (Lipinski definition) is 2. The van der Waals surface area contributed by atoms with Gasteiger partial charge in [0.1, 0.15) is 11.4 Å². The van der Waals surface area contributed by atoms with Crippen molar-refractivity contribution in [3.8, 4) is 0 Å². The Labute approximate surface area is 102 Å². The SMILES string of the molecule is Cc1nc(CCNC(=O)OC(C)(C)C)[nH]c1C. The second-order valence-electron chi connectivity index (χ2n) is 5.07. The van der Waals surface area contributed by atoms with Crippen LogP contribution >= 0.6 is 0 Å². The summed E-state index contributed by atoms with van der Waals surface area (Å²) in [5.41, 5.74) is 1.61. The second-order valence-corrected chi connectivity index (χ2v) is 5.07. The van der Waals surface area contributed by atoms with Gasteiger partial charge in [-0.1, -0.05) is 0 Å². The molecule has 0 spiro atoms. The molecule has 2 N–H and O–H groups in total. The Morgan fingerprint density at radius 3 is 2.53 bits per heavy atom. The van der Waals surface area contributed by atoms with Crippen LogP contribution in [0.3, 0.4) is 0 Å². The van der Waals surface area contributed by atoms with Crippen LogP contribution in [0.4, 0.5) is 4.79 Å². The first kappa shape index (κ1) is 13.5. The standard InChI is InChI=1S/C12H21N3O2/c1-8-9(2)15-10(14-8)6-7-13-11(16)17-12(3,4)5/h6-7H2,1-5H3,(H,13,16)(H,14,15). The molecule has 1 amide bonds. The molecule has 17 heavy (non-hydrogen) atoms. The quantitative estimate of drug-likeness (QED) is 0.848. The number of aromatic nitrogens is 2. The maximum atomic E-state index is 11.4. The summed E-state index contributed by atoms with van der Waals surface area (Å²) in [6.45, 7) is 9.97. The third kappa shape index (κ3) is 4.89. The molecule has 0 aliphatic rings. The summed E-state index contributed by atoms with van der Waals surface area (Å²) in [6, 6.07) is 0. The van der Waals surface area contributed by atoms with Gasteiger partial charge in [0.25, 0.3) is 0 Å². The number of rotatable bonds is 3. The summed E-state index contributed by atoms with van der Waals surface area (Å²) in [7, 11) is 0. The number of aryl methyl sites for hydroxylation is 2. The van der Waals surface area contributed by atoms with E-state index < -0.39 is 11.7 Å². The van der Waals surface area contributed by atoms with E-state index in [4.69, 9.17) is 4.74 Å². The Morgan fingerprint density at radius 1 is 1.41 bits per heavy atom. The van der Waals surface area contributed by atoms with Crippen molar-refractivity contribution in [1.29, 1.82) is 0 Å². The van der Waals surface area contributed by atoms with Crippen LogP contribution in [0, 0.1) is 13.8 Å². The topological polar surface area (TPSA) is 67.0 Å². The van der Waals surface area contributed by atoms with Crippen LogP contribution in [0.2, 0.25) is 0 Å². The molecule has 0 radical (unpaired) electrons. The largest absolute Gasteiger partial charge is 0.444 e. The average molecular weight is 239 g/mol. The van der Waals surface area contributed by atoms with Crippen molar-refractivity contribution in [1.82, 2.24) is 15.3 Å². The molecule has 0 aliphatic heterocycles. The molecular weight excluding hydrogens is 218 g/mol. The molecule has 0 aromatic carbocycles. The molecule has 1 aromatic rings. The third-order valence-corrected chi connectivity index (χ3v) is 2.21. The number of nitrogens with zero attached hydrogens (tertiary/aromatic N) is 1. The lowest BCUT2D eigenvalue weighted by Gasteiger charge is -2.19. The molecule has 5 heteroatoms. The predicted octanol–water partition coefficient (Wildman–Crippen LogP) is 2.09. The van der Waals surface area contributed by atoms with Gasteiger partial charge in [0.2, 0.25) is 0 Å². The average Bonchev–Trinajstić information content (AvgIpc) is 2.43. The Balaban J connectivity index is 2.31. The van der Waals surface area contributed by atoms with Crippen molar-refractivity contribution in [2.75, 3.05) is 6.54 Å². The first-order valence-electron chi connectivity index (χ1n) is 5.77. The maximum Gasteiger partial charge on any atom is 0.407 e. The van der Waals surface area contributed by atoms with Crippen LogP contribution in [0.1, 0.15) is 38.0 Å². The monoisotopic (exact) mass is 239 g/mol. The smallest absolute Gasteiger partial charge is 0.407 e. The van der Waals surface area contributed by atoms with E-state index in [1.807, 2.05) is 34.6 Å². The number of amides is 1. The van der Waals surface area contributed by atoms with Gasteiger partial charge in [-0.05, 0) is 34.6 Å². The van der Waals surface area contributed by atoms with Gasteiger partial charge in [-0.3, -0.25) is 0 Å². The Morgan fingerprint density at radius 2 is 2.06 bits per heavy atom. The zero-order valence-electron chi connectivity index (χ0n) is 11.2. The molecular formula is C12H21N3O2. The van der Waals surface area contributed by atoms with Crippen molar-refractivity contribution >= 4 is 6.09 Å². The summed E-state index contributed by atoms with van der Waals surface area (Å²) in [5, 5.41) is 2.70. The number of ether oxygens (including phenoxy) is 1. The Bertz CT molecular complexity index is 371. The summed E-state index contributed by atoms with van der Waals surface area (Å²) >= 11 is 0. The van der Waals surface area contributed by atoms with Crippen LogP contribution < -0.4 is 5.32 Å². The summed E-state index contributed by atoms with van der Waals surface area (Å²) < 4.78 is 5.12. The number of aromatic amines is 1. The van der Waals surface area contributed by atoms with Gasteiger partial charge < -0.3 is 15.0 Å². The van der Waals surface area contributed by atoms with Crippen molar-refractivity contribution in [2.45, 2.75) is 46.6 Å². The Hall–Kier alpha value is -1.52. The van der Waals surface area contributed by atoms with E-state index in [9.17, 15) is 4.79 Å². The first-order chi connectivity index (χ1) is 7.78. The number of carbonyl (C=O) groups is 1. The number of H-pyrrole nitrogens is 1. The first-order valence-corrected chi connectivity index (χ1v) is 5.77. The zero-order chi connectivity index (χ0) is 13.1. The van der Waals surface area contributed by atoms with Gasteiger partial charge in [-0.25, -0.2) is 9.78 Å². The molecule has 1 rings (SSSR count). The van der Waals surface area contributed by atoms with Crippen LogP contribution in [0.15, 0.2) is 0 Å². The second kappa shape index (κ2) is 5.21. The lowest BCUT2D eigenvalue weighted by atomic mass is 10.2. The molecule has 0 saturated carbocycles. The highest BCUT2D eigenvalue weighted by atomic mass is 16.6. The van der Waals surface area contributed by atoms with E-state index >= 15 is 0 Å². The summed E-state index contributed by atoms with van der Waals surface area (Å²) in [6.07, 6.45) is 0.283.